The van der Waals surface area contributed by atoms with Gasteiger partial charge in [0.05, 0.1) is 19.0 Å². The third-order valence-corrected chi connectivity index (χ3v) is 4.89. The molecule has 0 radical (unpaired) electrons. The summed E-state index contributed by atoms with van der Waals surface area (Å²) in [4.78, 5) is 5.63. The first-order chi connectivity index (χ1) is 12.1. The average Bonchev–Trinajstić information content (AvgIpc) is 2.97. The van der Waals surface area contributed by atoms with Gasteiger partial charge in [-0.1, -0.05) is 28.1 Å². The van der Waals surface area contributed by atoms with Crippen LogP contribution in [0.15, 0.2) is 52.0 Å². The predicted octanol–water partition coefficient (Wildman–Crippen LogP) is 5.47. The van der Waals surface area contributed by atoms with Crippen LogP contribution in [0.1, 0.15) is 10.4 Å². The number of nitrogens with one attached hydrogen (secondary N) is 1. The van der Waals surface area contributed by atoms with Gasteiger partial charge in [0, 0.05) is 26.5 Å². The summed E-state index contributed by atoms with van der Waals surface area (Å²) in [5.74, 6) is 0.0769. The number of ether oxygens (including phenoxy) is 1. The molecule has 1 N–H and O–H groups in total. The van der Waals surface area contributed by atoms with Crippen molar-refractivity contribution in [3.05, 3.63) is 63.2 Å². The molecule has 4 nitrogen and oxygen atoms in total. The van der Waals surface area contributed by atoms with Crippen molar-refractivity contribution in [3.63, 3.8) is 0 Å². The molecule has 2 aromatic carbocycles. The Morgan fingerprint density at radius 1 is 1.24 bits per heavy atom. The van der Waals surface area contributed by atoms with Crippen molar-refractivity contribution in [1.29, 1.82) is 0 Å². The van der Waals surface area contributed by atoms with Crippen LogP contribution in [-0.4, -0.2) is 18.3 Å². The lowest BCUT2D eigenvalue weighted by Gasteiger charge is -2.01. The number of hydrazone groups is 1. The van der Waals surface area contributed by atoms with E-state index in [0.717, 1.165) is 20.6 Å². The van der Waals surface area contributed by atoms with E-state index in [-0.39, 0.29) is 0 Å². The summed E-state index contributed by atoms with van der Waals surface area (Å²) in [6, 6.07) is 12.6. The molecule has 0 aliphatic heterocycles. The molecular formula is C18H15BrFN3OS. The minimum atomic E-state index is -0.393. The first-order valence-electron chi connectivity index (χ1n) is 7.43. The third-order valence-electron chi connectivity index (χ3n) is 3.49. The standard InChI is InChI=1S/C18H15BrFN3OS/c1-11-17(12-3-6-14(19)7-4-12)22-18(25-11)23-21-10-13-5-8-15(24-2)9-16(13)20/h3-10H,1-2H3,(H,22,23)/b21-10-. The van der Waals surface area contributed by atoms with E-state index in [9.17, 15) is 4.39 Å². The quantitative estimate of drug-likeness (QED) is 0.440. The Hall–Kier alpha value is -2.25. The van der Waals surface area contributed by atoms with Gasteiger partial charge in [0.1, 0.15) is 11.6 Å². The fourth-order valence-electron chi connectivity index (χ4n) is 2.22. The Morgan fingerprint density at radius 3 is 2.68 bits per heavy atom. The first-order valence-corrected chi connectivity index (χ1v) is 9.04. The van der Waals surface area contributed by atoms with E-state index in [0.29, 0.717) is 16.4 Å². The topological polar surface area (TPSA) is 46.5 Å². The smallest absolute Gasteiger partial charge is 0.204 e. The van der Waals surface area contributed by atoms with Gasteiger partial charge in [-0.05, 0) is 31.2 Å². The van der Waals surface area contributed by atoms with E-state index in [4.69, 9.17) is 4.74 Å². The zero-order valence-corrected chi connectivity index (χ0v) is 16.0. The highest BCUT2D eigenvalue weighted by Gasteiger charge is 2.09. The Kier molecular flexibility index (Phi) is 5.45. The summed E-state index contributed by atoms with van der Waals surface area (Å²) in [6.45, 7) is 2.01. The molecule has 0 saturated heterocycles. The Balaban J connectivity index is 1.74. The maximum atomic E-state index is 13.9. The fraction of sp³-hybridized carbons (Fsp3) is 0.111. The van der Waals surface area contributed by atoms with Crippen LogP contribution in [0.2, 0.25) is 0 Å². The number of anilines is 1. The van der Waals surface area contributed by atoms with Crippen molar-refractivity contribution >= 4 is 38.6 Å². The molecule has 128 valence electrons. The second-order valence-electron chi connectivity index (χ2n) is 5.19. The van der Waals surface area contributed by atoms with Crippen LogP contribution in [0.5, 0.6) is 5.75 Å². The van der Waals surface area contributed by atoms with Gasteiger partial charge in [-0.15, -0.1) is 11.3 Å². The van der Waals surface area contributed by atoms with E-state index in [2.05, 4.69) is 31.4 Å². The average molecular weight is 420 g/mol. The van der Waals surface area contributed by atoms with Crippen LogP contribution in [-0.2, 0) is 0 Å². The van der Waals surface area contributed by atoms with Gasteiger partial charge in [-0.2, -0.15) is 5.10 Å². The molecule has 1 aromatic heterocycles. The lowest BCUT2D eigenvalue weighted by Crippen LogP contribution is -1.94. The van der Waals surface area contributed by atoms with Gasteiger partial charge in [0.25, 0.3) is 0 Å². The summed E-state index contributed by atoms with van der Waals surface area (Å²) >= 11 is 4.92. The van der Waals surface area contributed by atoms with Crippen LogP contribution >= 0.6 is 27.3 Å². The minimum absolute atomic E-state index is 0.370. The number of hydrogen-bond donors (Lipinski definition) is 1. The molecule has 0 saturated carbocycles. The first kappa shape index (κ1) is 17.6. The molecule has 0 aliphatic carbocycles. The molecule has 0 unspecified atom stereocenters. The lowest BCUT2D eigenvalue weighted by molar-refractivity contribution is 0.411. The highest BCUT2D eigenvalue weighted by Crippen LogP contribution is 2.31. The summed E-state index contributed by atoms with van der Waals surface area (Å²) in [5.41, 5.74) is 5.18. The molecule has 7 heteroatoms. The largest absolute Gasteiger partial charge is 0.497 e. The monoisotopic (exact) mass is 419 g/mol. The zero-order chi connectivity index (χ0) is 17.8. The van der Waals surface area contributed by atoms with Crippen LogP contribution in [0.4, 0.5) is 9.52 Å². The molecular weight excluding hydrogens is 405 g/mol. The molecule has 25 heavy (non-hydrogen) atoms. The highest BCUT2D eigenvalue weighted by atomic mass is 79.9. The molecule has 0 spiro atoms. The molecule has 0 bridgehead atoms. The number of aromatic nitrogens is 1. The van der Waals surface area contributed by atoms with Gasteiger partial charge in [0.15, 0.2) is 0 Å². The zero-order valence-electron chi connectivity index (χ0n) is 13.6. The van der Waals surface area contributed by atoms with Crippen molar-refractivity contribution in [1.82, 2.24) is 4.98 Å². The third kappa shape index (κ3) is 4.24. The minimum Gasteiger partial charge on any atom is -0.497 e. The number of halogens is 2. The number of methoxy groups -OCH3 is 1. The Bertz CT molecular complexity index is 909. The second kappa shape index (κ2) is 7.76. The maximum absolute atomic E-state index is 13.9. The summed E-state index contributed by atoms with van der Waals surface area (Å²) in [7, 11) is 1.50. The lowest BCUT2D eigenvalue weighted by atomic mass is 10.1. The van der Waals surface area contributed by atoms with E-state index in [1.54, 1.807) is 12.1 Å². The van der Waals surface area contributed by atoms with Gasteiger partial charge >= 0.3 is 0 Å². The molecule has 1 heterocycles. The van der Waals surface area contributed by atoms with Gasteiger partial charge in [-0.3, -0.25) is 5.43 Å². The van der Waals surface area contributed by atoms with E-state index < -0.39 is 5.82 Å². The normalized spacial score (nSPS) is 11.0. The summed E-state index contributed by atoms with van der Waals surface area (Å²) in [5, 5.41) is 4.73. The summed E-state index contributed by atoms with van der Waals surface area (Å²) < 4.78 is 19.9. The molecule has 3 aromatic rings. The van der Waals surface area contributed by atoms with Crippen molar-refractivity contribution in [2.45, 2.75) is 6.92 Å². The van der Waals surface area contributed by atoms with Gasteiger partial charge in [0.2, 0.25) is 5.13 Å². The number of aryl methyl sites for hydroxylation is 1. The molecule has 0 aliphatic rings. The van der Waals surface area contributed by atoms with Crippen molar-refractivity contribution in [2.24, 2.45) is 5.10 Å². The van der Waals surface area contributed by atoms with E-state index in [1.165, 1.54) is 30.7 Å². The van der Waals surface area contributed by atoms with Gasteiger partial charge < -0.3 is 4.74 Å². The molecule has 0 atom stereocenters. The maximum Gasteiger partial charge on any atom is 0.204 e. The highest BCUT2D eigenvalue weighted by molar-refractivity contribution is 9.10. The summed E-state index contributed by atoms with van der Waals surface area (Å²) in [6.07, 6.45) is 1.42. The van der Waals surface area contributed by atoms with Crippen LogP contribution in [0.3, 0.4) is 0 Å². The molecule has 0 amide bonds. The predicted molar refractivity (Wildman–Crippen MR) is 104 cm³/mol. The van der Waals surface area contributed by atoms with E-state index in [1.807, 2.05) is 31.2 Å². The Morgan fingerprint density at radius 2 is 2.00 bits per heavy atom. The number of benzene rings is 2. The van der Waals surface area contributed by atoms with Crippen molar-refractivity contribution in [2.75, 3.05) is 12.5 Å². The molecule has 3 rings (SSSR count). The SMILES string of the molecule is COc1ccc(/C=N\Nc2nc(-c3ccc(Br)cc3)c(C)s2)c(F)c1. The second-order valence-corrected chi connectivity index (χ2v) is 7.31. The number of nitrogens with zero attached hydrogens (tertiary/aromatic N) is 2. The van der Waals surface area contributed by atoms with Crippen LogP contribution in [0, 0.1) is 12.7 Å². The van der Waals surface area contributed by atoms with Crippen molar-refractivity contribution in [3.8, 4) is 17.0 Å². The van der Waals surface area contributed by atoms with Crippen molar-refractivity contribution < 1.29 is 9.13 Å². The van der Waals surface area contributed by atoms with Crippen LogP contribution in [0.25, 0.3) is 11.3 Å². The molecule has 0 fully saturated rings. The number of thiazole rings is 1. The fourth-order valence-corrected chi connectivity index (χ4v) is 3.27. The van der Waals surface area contributed by atoms with Crippen LogP contribution < -0.4 is 10.2 Å². The Labute approximate surface area is 157 Å². The number of rotatable bonds is 5. The van der Waals surface area contributed by atoms with Gasteiger partial charge in [-0.25, -0.2) is 9.37 Å². The van der Waals surface area contributed by atoms with E-state index >= 15 is 0 Å². The number of hydrogen-bond acceptors (Lipinski definition) is 5.